The van der Waals surface area contributed by atoms with Gasteiger partial charge in [-0.1, -0.05) is 17.7 Å². The number of carbonyl (C=O) groups is 4. The molecule has 4 atom stereocenters. The maximum Gasteiger partial charge on any atom is 0.331 e. The molecule has 0 saturated carbocycles. The number of nitrogens with one attached hydrogen (secondary N) is 2. The summed E-state index contributed by atoms with van der Waals surface area (Å²) in [5, 5.41) is 1.95. The van der Waals surface area contributed by atoms with Gasteiger partial charge in [0.15, 0.2) is 17.9 Å². The number of rotatable bonds is 7. The topological polar surface area (TPSA) is 128 Å². The highest BCUT2D eigenvalue weighted by Gasteiger charge is 2.51. The Labute approximate surface area is 205 Å². The summed E-state index contributed by atoms with van der Waals surface area (Å²) in [7, 11) is 0. The maximum absolute atomic E-state index is 15.8. The molecule has 2 aliphatic rings. The highest BCUT2D eigenvalue weighted by atomic mass is 32.2. The van der Waals surface area contributed by atoms with Crippen LogP contribution < -0.4 is 10.0 Å². The number of barbiturate groups is 1. The molecule has 3 rings (SSSR count). The predicted molar refractivity (Wildman–Crippen MR) is 123 cm³/mol. The molecular weight excluding hydrogens is 484 g/mol. The molecule has 0 aliphatic carbocycles. The number of urea groups is 1. The van der Waals surface area contributed by atoms with Crippen LogP contribution in [0.5, 0.6) is 0 Å². The van der Waals surface area contributed by atoms with Gasteiger partial charge in [-0.2, -0.15) is 0 Å². The van der Waals surface area contributed by atoms with Gasteiger partial charge in [0.2, 0.25) is 5.91 Å². The number of carbonyl (C=O) groups excluding carboxylic acids is 4. The Bertz CT molecular complexity index is 1010. The van der Waals surface area contributed by atoms with E-state index in [0.717, 1.165) is 11.0 Å². The number of alkyl halides is 1. The number of imide groups is 2. The minimum atomic E-state index is -2.62. The van der Waals surface area contributed by atoms with E-state index in [1.165, 1.54) is 12.1 Å². The third-order valence-corrected chi connectivity index (χ3v) is 7.46. The fraction of sp³-hybridized carbons (Fsp3) is 0.565. The van der Waals surface area contributed by atoms with Crippen LogP contribution in [0, 0.1) is 18.7 Å². The number of amides is 4. The fourth-order valence-corrected chi connectivity index (χ4v) is 4.76. The zero-order valence-corrected chi connectivity index (χ0v) is 20.7. The first-order chi connectivity index (χ1) is 16.3. The monoisotopic (exact) mass is 513 g/mol. The first kappa shape index (κ1) is 27.2. The van der Waals surface area contributed by atoms with E-state index in [0.29, 0.717) is 18.4 Å². The number of hydrogen-bond acceptors (Lipinski definition) is 7. The summed E-state index contributed by atoms with van der Waals surface area (Å²) in [6, 6.07) is 0.473. The molecule has 192 valence electrons. The van der Waals surface area contributed by atoms with Crippen LogP contribution in [0.15, 0.2) is 18.2 Å². The van der Waals surface area contributed by atoms with E-state index in [9.17, 15) is 28.1 Å². The maximum atomic E-state index is 15.8. The molecule has 1 aromatic rings. The van der Waals surface area contributed by atoms with Gasteiger partial charge >= 0.3 is 6.03 Å². The zero-order valence-electron chi connectivity index (χ0n) is 19.9. The largest absolute Gasteiger partial charge is 0.598 e. The molecule has 35 heavy (non-hydrogen) atoms. The summed E-state index contributed by atoms with van der Waals surface area (Å²) < 4.78 is 50.1. The van der Waals surface area contributed by atoms with Gasteiger partial charge in [-0.25, -0.2) is 13.6 Å². The van der Waals surface area contributed by atoms with Crippen LogP contribution in [0.3, 0.4) is 0 Å². The molecule has 2 unspecified atom stereocenters. The minimum absolute atomic E-state index is 0.274. The number of halogens is 2. The average Bonchev–Trinajstić information content (AvgIpc) is 2.78. The van der Waals surface area contributed by atoms with Crippen molar-refractivity contribution in [2.45, 2.75) is 63.5 Å². The normalized spacial score (nSPS) is 22.5. The summed E-state index contributed by atoms with van der Waals surface area (Å²) in [5.74, 6) is -6.85. The van der Waals surface area contributed by atoms with Gasteiger partial charge in [-0.3, -0.25) is 24.6 Å². The first-order valence-corrected chi connectivity index (χ1v) is 12.4. The Balaban J connectivity index is 1.95. The second-order valence-corrected chi connectivity index (χ2v) is 11.6. The predicted octanol–water partition coefficient (Wildman–Crippen LogP) is 2.01. The third-order valence-electron chi connectivity index (χ3n) is 5.88. The second kappa shape index (κ2) is 10.7. The number of benzene rings is 1. The van der Waals surface area contributed by atoms with E-state index >= 15 is 4.39 Å². The molecule has 2 fully saturated rings. The van der Waals surface area contributed by atoms with Crippen molar-refractivity contribution >= 4 is 35.0 Å². The van der Waals surface area contributed by atoms with Crippen LogP contribution in [-0.2, 0) is 30.5 Å². The van der Waals surface area contributed by atoms with E-state index in [4.69, 9.17) is 4.74 Å². The molecule has 2 saturated heterocycles. The number of aryl methyl sites for hydroxylation is 1. The molecule has 4 amide bonds. The number of hydrogen-bond donors (Lipinski definition) is 2. The van der Waals surface area contributed by atoms with E-state index < -0.39 is 69.7 Å². The lowest BCUT2D eigenvalue weighted by molar-refractivity contribution is -0.151. The molecular formula is C23H29F2N3O6S. The smallest absolute Gasteiger partial charge is 0.331 e. The second-order valence-electron chi connectivity index (χ2n) is 9.58. The number of nitrogens with zero attached hydrogens (tertiary/aromatic N) is 1. The SMILES string of the molecule is Cc1ccc(F)c([C@@H](N[S+]([O-])C(C)(C)C)[C@H](F)C(=O)C2C(=O)NC(=O)N(C3CCOCC3)C2=O)c1. The van der Waals surface area contributed by atoms with E-state index in [-0.39, 0.29) is 18.8 Å². The molecule has 0 bridgehead atoms. The van der Waals surface area contributed by atoms with Gasteiger partial charge in [-0.05, 0) is 46.6 Å². The molecule has 2 aliphatic heterocycles. The standard InChI is InChI=1S/C23H29F2N3O6S/c1-12-5-6-15(24)14(11-12)18(27-35(33)23(2,3)4)17(25)19(29)16-20(30)26-22(32)28(21(16)31)13-7-9-34-10-8-13/h5-6,11,13,16-18,27H,7-10H2,1-4H3,(H,26,30,32)/t16?,17-,18+,35?/m0/s1. The molecule has 12 heteroatoms. The summed E-state index contributed by atoms with van der Waals surface area (Å²) in [6.45, 7) is 6.98. The van der Waals surface area contributed by atoms with Gasteiger partial charge in [0.25, 0.3) is 5.91 Å². The lowest BCUT2D eigenvalue weighted by Gasteiger charge is -2.37. The molecule has 2 N–H and O–H groups in total. The van der Waals surface area contributed by atoms with E-state index in [1.807, 2.05) is 5.32 Å². The van der Waals surface area contributed by atoms with Crippen molar-refractivity contribution < 1.29 is 37.2 Å². The Morgan fingerprint density at radius 2 is 1.89 bits per heavy atom. The van der Waals surface area contributed by atoms with Gasteiger partial charge in [-0.15, -0.1) is 4.72 Å². The quantitative estimate of drug-likeness (QED) is 0.422. The zero-order chi connectivity index (χ0) is 26.1. The van der Waals surface area contributed by atoms with Crippen LogP contribution in [-0.4, -0.2) is 63.3 Å². The van der Waals surface area contributed by atoms with Crippen LogP contribution >= 0.6 is 0 Å². The highest BCUT2D eigenvalue weighted by molar-refractivity contribution is 7.90. The third kappa shape index (κ3) is 5.88. The van der Waals surface area contributed by atoms with Gasteiger partial charge in [0.1, 0.15) is 16.6 Å². The minimum Gasteiger partial charge on any atom is -0.598 e. The van der Waals surface area contributed by atoms with Crippen molar-refractivity contribution in [2.75, 3.05) is 13.2 Å². The number of Topliss-reactive ketones (excluding diaryl/α,β-unsaturated/α-hetero) is 1. The fourth-order valence-electron chi connectivity index (χ4n) is 3.93. The average molecular weight is 514 g/mol. The number of ketones is 1. The lowest BCUT2D eigenvalue weighted by atomic mass is 9.89. The van der Waals surface area contributed by atoms with Crippen molar-refractivity contribution in [1.82, 2.24) is 14.9 Å². The van der Waals surface area contributed by atoms with Crippen molar-refractivity contribution in [2.24, 2.45) is 5.92 Å². The number of ether oxygens (including phenoxy) is 1. The molecule has 2 heterocycles. The van der Waals surface area contributed by atoms with Crippen molar-refractivity contribution in [1.29, 1.82) is 0 Å². The Hall–Kier alpha value is -2.41. The van der Waals surface area contributed by atoms with E-state index in [2.05, 4.69) is 4.72 Å². The van der Waals surface area contributed by atoms with Crippen LogP contribution in [0.1, 0.15) is 50.8 Å². The Morgan fingerprint density at radius 1 is 1.26 bits per heavy atom. The summed E-state index contributed by atoms with van der Waals surface area (Å²) >= 11 is -1.93. The van der Waals surface area contributed by atoms with Gasteiger partial charge in [0.05, 0.1) is 0 Å². The van der Waals surface area contributed by atoms with Crippen molar-refractivity contribution in [3.63, 3.8) is 0 Å². The Morgan fingerprint density at radius 3 is 2.49 bits per heavy atom. The molecule has 0 spiro atoms. The van der Waals surface area contributed by atoms with Crippen molar-refractivity contribution in [3.8, 4) is 0 Å². The summed E-state index contributed by atoms with van der Waals surface area (Å²) in [5.41, 5.74) is 0.279. The highest BCUT2D eigenvalue weighted by Crippen LogP contribution is 2.30. The first-order valence-electron chi connectivity index (χ1n) is 11.2. The van der Waals surface area contributed by atoms with Crippen molar-refractivity contribution in [3.05, 3.63) is 35.1 Å². The van der Waals surface area contributed by atoms with Crippen LogP contribution in [0.4, 0.5) is 13.6 Å². The van der Waals surface area contributed by atoms with Crippen LogP contribution in [0.2, 0.25) is 0 Å². The van der Waals surface area contributed by atoms with Gasteiger partial charge in [0, 0.05) is 36.2 Å². The Kier molecular flexibility index (Phi) is 8.30. The molecule has 1 aromatic carbocycles. The van der Waals surface area contributed by atoms with Gasteiger partial charge < -0.3 is 9.29 Å². The van der Waals surface area contributed by atoms with Crippen LogP contribution in [0.25, 0.3) is 0 Å². The molecule has 9 nitrogen and oxygen atoms in total. The van der Waals surface area contributed by atoms with E-state index in [1.54, 1.807) is 27.7 Å². The molecule has 0 aromatic heterocycles. The summed E-state index contributed by atoms with van der Waals surface area (Å²) in [6.07, 6.45) is -2.02. The molecule has 0 radical (unpaired) electrons. The summed E-state index contributed by atoms with van der Waals surface area (Å²) in [4.78, 5) is 52.0. The lowest BCUT2D eigenvalue weighted by Crippen LogP contribution is -2.64.